The van der Waals surface area contributed by atoms with E-state index in [2.05, 4.69) is 37.2 Å². The number of aliphatic hydroxyl groups is 1. The van der Waals surface area contributed by atoms with Gasteiger partial charge in [-0.25, -0.2) is 4.79 Å². The van der Waals surface area contributed by atoms with Crippen LogP contribution < -0.4 is 54.4 Å². The first-order valence-electron chi connectivity index (χ1n) is 19.9. The molecule has 0 saturated carbocycles. The summed E-state index contributed by atoms with van der Waals surface area (Å²) in [5, 5.41) is 35.7. The van der Waals surface area contributed by atoms with Crippen molar-refractivity contribution in [2.24, 2.45) is 29.0 Å². The van der Waals surface area contributed by atoms with Crippen LogP contribution in [-0.2, 0) is 52.7 Å². The van der Waals surface area contributed by atoms with Gasteiger partial charge in [0.1, 0.15) is 48.3 Å². The van der Waals surface area contributed by atoms with Crippen LogP contribution in [0.5, 0.6) is 0 Å². The summed E-state index contributed by atoms with van der Waals surface area (Å²) in [7, 11) is 0. The number of carbonyl (C=O) groups is 11. The third-order valence-corrected chi connectivity index (χ3v) is 9.96. The number of aliphatic carboxylic acids is 1. The Morgan fingerprint density at radius 1 is 0.705 bits per heavy atom. The first kappa shape index (κ1) is 53.1. The molecule has 344 valence electrons. The number of carboxylic acid groups (broad SMARTS) is 1. The van der Waals surface area contributed by atoms with Gasteiger partial charge < -0.3 is 69.5 Å². The van der Waals surface area contributed by atoms with E-state index in [-0.39, 0.29) is 25.8 Å². The third kappa shape index (κ3) is 17.3. The maximum atomic E-state index is 13.5. The first-order valence-corrected chi connectivity index (χ1v) is 19.9. The predicted molar refractivity (Wildman–Crippen MR) is 215 cm³/mol. The number of hydrogen-bond acceptors (Lipinski definition) is 13. The molecule has 1 aliphatic heterocycles. The topological polar surface area (TPSA) is 394 Å². The fourth-order valence-electron chi connectivity index (χ4n) is 6.03. The molecule has 0 unspecified atom stereocenters. The standard InChI is InChI=1S/C37H63N11O13/c1-8-17(4)29(47-34(57)27(40)20(7)49)35(58)43-19(6)36(59)48-13-9-10-23(48)33(56)45-22(14-25(39)51)31(54)41-15-26(52)42-18(5)30(53)44-21(11-12-24(38)50)32(55)46-28(16(2)3)37(60)61/h16-23,27-29,49H,8-15,40H2,1-7H3,(H2,38,50)(H2,39,51)(H,41,54)(H,42,52)(H,43,58)(H,44,53)(H,45,56)(H,46,55)(H,47,57)(H,60,61)/t17-,18-,19-,20+,21-,22-,23-,27-,28-,29-/m0/s1. The molecule has 15 N–H and O–H groups in total. The smallest absolute Gasteiger partial charge is 0.326 e. The molecule has 0 bridgehead atoms. The predicted octanol–water partition coefficient (Wildman–Crippen LogP) is -5.32. The van der Waals surface area contributed by atoms with Crippen LogP contribution in [0.1, 0.15) is 87.0 Å². The number of nitrogens with two attached hydrogens (primary N) is 3. The molecule has 0 aromatic carbocycles. The van der Waals surface area contributed by atoms with Crippen LogP contribution in [0.2, 0.25) is 0 Å². The highest BCUT2D eigenvalue weighted by molar-refractivity contribution is 5.98. The van der Waals surface area contributed by atoms with Gasteiger partial charge in [0.2, 0.25) is 59.1 Å². The van der Waals surface area contributed by atoms with Gasteiger partial charge in [0.05, 0.1) is 19.1 Å². The summed E-state index contributed by atoms with van der Waals surface area (Å²) in [5.41, 5.74) is 16.2. The lowest BCUT2D eigenvalue weighted by molar-refractivity contribution is -0.143. The zero-order valence-electron chi connectivity index (χ0n) is 35.6. The first-order chi connectivity index (χ1) is 28.3. The monoisotopic (exact) mass is 869 g/mol. The molecule has 10 atom stereocenters. The fraction of sp³-hybridized carbons (Fsp3) is 0.703. The second-order valence-electron chi connectivity index (χ2n) is 15.4. The van der Waals surface area contributed by atoms with Crippen molar-refractivity contribution in [1.29, 1.82) is 0 Å². The molecule has 1 aliphatic rings. The van der Waals surface area contributed by atoms with Gasteiger partial charge in [-0.05, 0) is 51.9 Å². The van der Waals surface area contributed by atoms with Crippen molar-refractivity contribution in [3.8, 4) is 0 Å². The number of nitrogens with one attached hydrogen (secondary N) is 7. The zero-order chi connectivity index (χ0) is 46.9. The lowest BCUT2D eigenvalue weighted by Gasteiger charge is -2.30. The minimum Gasteiger partial charge on any atom is -0.480 e. The van der Waals surface area contributed by atoms with Crippen molar-refractivity contribution in [3.63, 3.8) is 0 Å². The van der Waals surface area contributed by atoms with Gasteiger partial charge in [-0.2, -0.15) is 0 Å². The summed E-state index contributed by atoms with van der Waals surface area (Å²) < 4.78 is 0. The van der Waals surface area contributed by atoms with Gasteiger partial charge in [0, 0.05) is 13.0 Å². The van der Waals surface area contributed by atoms with Gasteiger partial charge in [0.15, 0.2) is 0 Å². The van der Waals surface area contributed by atoms with Crippen molar-refractivity contribution in [1.82, 2.24) is 42.1 Å². The molecule has 1 fully saturated rings. The van der Waals surface area contributed by atoms with Crippen molar-refractivity contribution in [2.75, 3.05) is 13.1 Å². The highest BCUT2D eigenvalue weighted by atomic mass is 16.4. The van der Waals surface area contributed by atoms with Crippen molar-refractivity contribution >= 4 is 65.0 Å². The molecule has 24 nitrogen and oxygen atoms in total. The van der Waals surface area contributed by atoms with Crippen LogP contribution in [0, 0.1) is 11.8 Å². The van der Waals surface area contributed by atoms with Crippen LogP contribution >= 0.6 is 0 Å². The maximum absolute atomic E-state index is 13.5. The Balaban J connectivity index is 2.96. The quantitative estimate of drug-likeness (QED) is 0.0408. The van der Waals surface area contributed by atoms with E-state index in [4.69, 9.17) is 17.2 Å². The van der Waals surface area contributed by atoms with E-state index in [9.17, 15) is 63.0 Å². The van der Waals surface area contributed by atoms with Crippen molar-refractivity contribution in [3.05, 3.63) is 0 Å². The average molecular weight is 870 g/mol. The molecule has 0 spiro atoms. The SMILES string of the molecule is CC[C@H](C)[C@H](NC(=O)[C@@H](N)[C@@H](C)O)C(=O)N[C@@H](C)C(=O)N1CCC[C@H]1C(=O)N[C@@H](CC(N)=O)C(=O)NCC(=O)N[C@@H](C)C(=O)N[C@@H](CCC(N)=O)C(=O)N[C@H](C(=O)O)C(C)C. The summed E-state index contributed by atoms with van der Waals surface area (Å²) in [6.45, 7) is 9.84. The van der Waals surface area contributed by atoms with E-state index in [1.807, 2.05) is 0 Å². The normalized spacial score (nSPS) is 18.0. The number of hydrogen-bond donors (Lipinski definition) is 12. The number of aliphatic hydroxyl groups excluding tert-OH is 1. The largest absolute Gasteiger partial charge is 0.480 e. The lowest BCUT2D eigenvalue weighted by atomic mass is 9.97. The Kier molecular flexibility index (Phi) is 21.8. The molecule has 10 amide bonds. The Morgan fingerprint density at radius 2 is 1.31 bits per heavy atom. The van der Waals surface area contributed by atoms with Crippen molar-refractivity contribution < 1.29 is 63.0 Å². The maximum Gasteiger partial charge on any atom is 0.326 e. The van der Waals surface area contributed by atoms with E-state index in [0.717, 1.165) is 0 Å². The lowest BCUT2D eigenvalue weighted by Crippen LogP contribution is -2.60. The van der Waals surface area contributed by atoms with E-state index in [1.165, 1.54) is 25.7 Å². The molecule has 1 heterocycles. The highest BCUT2D eigenvalue weighted by Gasteiger charge is 2.39. The summed E-state index contributed by atoms with van der Waals surface area (Å²) in [6.07, 6.45) is -1.56. The molecule has 61 heavy (non-hydrogen) atoms. The fourth-order valence-corrected chi connectivity index (χ4v) is 6.03. The van der Waals surface area contributed by atoms with Gasteiger partial charge in [-0.3, -0.25) is 47.9 Å². The molecule has 24 heteroatoms. The molecule has 0 aliphatic carbocycles. The van der Waals surface area contributed by atoms with Crippen LogP contribution in [0.15, 0.2) is 0 Å². The van der Waals surface area contributed by atoms with Gasteiger partial charge in [-0.1, -0.05) is 34.1 Å². The van der Waals surface area contributed by atoms with E-state index < -0.39 is 144 Å². The number of nitrogens with zero attached hydrogens (tertiary/aromatic N) is 1. The minimum absolute atomic E-state index is 0.0991. The number of rotatable bonds is 25. The minimum atomic E-state index is -1.61. The van der Waals surface area contributed by atoms with E-state index in [0.29, 0.717) is 12.8 Å². The summed E-state index contributed by atoms with van der Waals surface area (Å²) in [4.78, 5) is 140. The van der Waals surface area contributed by atoms with Crippen LogP contribution in [-0.4, -0.2) is 148 Å². The molecule has 1 saturated heterocycles. The Morgan fingerprint density at radius 3 is 1.84 bits per heavy atom. The Hall–Kier alpha value is -5.91. The number of likely N-dealkylation sites (tertiary alicyclic amines) is 1. The van der Waals surface area contributed by atoms with Crippen LogP contribution in [0.25, 0.3) is 0 Å². The summed E-state index contributed by atoms with van der Waals surface area (Å²) in [6, 6.07) is -10.4. The van der Waals surface area contributed by atoms with Gasteiger partial charge in [-0.15, -0.1) is 0 Å². The van der Waals surface area contributed by atoms with Crippen molar-refractivity contribution in [2.45, 2.75) is 141 Å². The van der Waals surface area contributed by atoms with Gasteiger partial charge in [0.25, 0.3) is 0 Å². The highest BCUT2D eigenvalue weighted by Crippen LogP contribution is 2.19. The second-order valence-corrected chi connectivity index (χ2v) is 15.4. The van der Waals surface area contributed by atoms with E-state index in [1.54, 1.807) is 27.7 Å². The number of amides is 10. The molecule has 1 rings (SSSR count). The molecule has 0 aromatic rings. The molecule has 0 radical (unpaired) electrons. The number of carboxylic acids is 1. The number of primary amides is 2. The molecule has 0 aromatic heterocycles. The number of carbonyl (C=O) groups excluding carboxylic acids is 10. The molecular weight excluding hydrogens is 806 g/mol. The second kappa shape index (κ2) is 25.0. The Bertz CT molecular complexity index is 1640. The van der Waals surface area contributed by atoms with Gasteiger partial charge >= 0.3 is 5.97 Å². The summed E-state index contributed by atoms with van der Waals surface area (Å²) in [5.74, 6) is -10.8. The summed E-state index contributed by atoms with van der Waals surface area (Å²) >= 11 is 0. The van der Waals surface area contributed by atoms with Crippen LogP contribution in [0.3, 0.4) is 0 Å². The van der Waals surface area contributed by atoms with Crippen LogP contribution in [0.4, 0.5) is 0 Å². The third-order valence-electron chi connectivity index (χ3n) is 9.96. The zero-order valence-corrected chi connectivity index (χ0v) is 35.6. The average Bonchev–Trinajstić information content (AvgIpc) is 3.67. The van der Waals surface area contributed by atoms with E-state index >= 15 is 0 Å². The molecular formula is C37H63N11O13. The Labute approximate surface area is 353 Å².